The molecule has 0 saturated carbocycles. The minimum Gasteiger partial charge on any atom is -0.465 e. The SMILES string of the molecule is COC(=O)c1cc(Nc2ccc(F)cc2)cc([N+](=O)[O-])c1. The maximum Gasteiger partial charge on any atom is 0.338 e. The van der Waals surface area contributed by atoms with Crippen LogP contribution in [0.3, 0.4) is 0 Å². The van der Waals surface area contributed by atoms with Crippen LogP contribution in [-0.2, 0) is 4.74 Å². The summed E-state index contributed by atoms with van der Waals surface area (Å²) >= 11 is 0. The summed E-state index contributed by atoms with van der Waals surface area (Å²) in [6.45, 7) is 0. The highest BCUT2D eigenvalue weighted by Gasteiger charge is 2.15. The number of ether oxygens (including phenoxy) is 1. The van der Waals surface area contributed by atoms with E-state index in [-0.39, 0.29) is 11.3 Å². The van der Waals surface area contributed by atoms with Crippen LogP contribution in [0.2, 0.25) is 0 Å². The van der Waals surface area contributed by atoms with Crippen molar-refractivity contribution in [1.82, 2.24) is 0 Å². The number of hydrogen-bond acceptors (Lipinski definition) is 5. The molecular formula is C14H11FN2O4. The maximum atomic E-state index is 12.8. The summed E-state index contributed by atoms with van der Waals surface area (Å²) in [6.07, 6.45) is 0. The fraction of sp³-hybridized carbons (Fsp3) is 0.0714. The summed E-state index contributed by atoms with van der Waals surface area (Å²) in [6, 6.07) is 9.28. The van der Waals surface area contributed by atoms with Crippen molar-refractivity contribution in [3.63, 3.8) is 0 Å². The van der Waals surface area contributed by atoms with Gasteiger partial charge in [0.25, 0.3) is 5.69 Å². The molecule has 0 aromatic heterocycles. The smallest absolute Gasteiger partial charge is 0.338 e. The van der Waals surface area contributed by atoms with Gasteiger partial charge in [0, 0.05) is 23.5 Å². The van der Waals surface area contributed by atoms with Gasteiger partial charge in [-0.15, -0.1) is 0 Å². The molecular weight excluding hydrogens is 279 g/mol. The van der Waals surface area contributed by atoms with Crippen LogP contribution < -0.4 is 5.32 Å². The maximum absolute atomic E-state index is 12.8. The molecule has 0 heterocycles. The average Bonchev–Trinajstić information content (AvgIpc) is 2.48. The molecule has 0 aliphatic carbocycles. The number of carbonyl (C=O) groups excluding carboxylic acids is 1. The van der Waals surface area contributed by atoms with Gasteiger partial charge in [0.05, 0.1) is 17.6 Å². The van der Waals surface area contributed by atoms with Crippen LogP contribution in [0.5, 0.6) is 0 Å². The van der Waals surface area contributed by atoms with Crippen molar-refractivity contribution in [3.8, 4) is 0 Å². The topological polar surface area (TPSA) is 81.5 Å². The zero-order valence-corrected chi connectivity index (χ0v) is 11.0. The van der Waals surface area contributed by atoms with Gasteiger partial charge in [0.2, 0.25) is 0 Å². The second-order valence-corrected chi connectivity index (χ2v) is 4.15. The molecule has 0 aliphatic rings. The van der Waals surface area contributed by atoms with E-state index in [0.29, 0.717) is 11.4 Å². The molecule has 0 aliphatic heterocycles. The van der Waals surface area contributed by atoms with Crippen molar-refractivity contribution in [2.24, 2.45) is 0 Å². The number of nitro groups is 1. The lowest BCUT2D eigenvalue weighted by molar-refractivity contribution is -0.384. The van der Waals surface area contributed by atoms with Gasteiger partial charge in [0.1, 0.15) is 5.82 Å². The van der Waals surface area contributed by atoms with Gasteiger partial charge in [0.15, 0.2) is 0 Å². The summed E-state index contributed by atoms with van der Waals surface area (Å²) in [5.74, 6) is -1.07. The quantitative estimate of drug-likeness (QED) is 0.531. The Hall–Kier alpha value is -2.96. The largest absolute Gasteiger partial charge is 0.465 e. The highest BCUT2D eigenvalue weighted by atomic mass is 19.1. The summed E-state index contributed by atoms with van der Waals surface area (Å²) in [5, 5.41) is 13.8. The number of anilines is 2. The lowest BCUT2D eigenvalue weighted by Crippen LogP contribution is -2.03. The van der Waals surface area contributed by atoms with Crippen LogP contribution in [0, 0.1) is 15.9 Å². The number of nitrogens with zero attached hydrogens (tertiary/aromatic N) is 1. The number of carbonyl (C=O) groups is 1. The van der Waals surface area contributed by atoms with Crippen molar-refractivity contribution in [2.75, 3.05) is 12.4 Å². The Labute approximate surface area is 119 Å². The first-order valence-electron chi connectivity index (χ1n) is 5.90. The fourth-order valence-electron chi connectivity index (χ4n) is 1.72. The minimum atomic E-state index is -0.680. The number of rotatable bonds is 4. The highest BCUT2D eigenvalue weighted by molar-refractivity contribution is 5.91. The fourth-order valence-corrected chi connectivity index (χ4v) is 1.72. The molecule has 0 bridgehead atoms. The van der Waals surface area contributed by atoms with Crippen molar-refractivity contribution in [3.05, 3.63) is 64.0 Å². The van der Waals surface area contributed by atoms with E-state index in [4.69, 9.17) is 0 Å². The molecule has 0 atom stereocenters. The molecule has 2 aromatic rings. The van der Waals surface area contributed by atoms with Crippen LogP contribution in [0.4, 0.5) is 21.5 Å². The first kappa shape index (κ1) is 14.4. The van der Waals surface area contributed by atoms with E-state index in [1.54, 1.807) is 0 Å². The first-order valence-corrected chi connectivity index (χ1v) is 5.90. The van der Waals surface area contributed by atoms with E-state index < -0.39 is 16.7 Å². The van der Waals surface area contributed by atoms with E-state index in [2.05, 4.69) is 10.1 Å². The zero-order valence-electron chi connectivity index (χ0n) is 11.0. The molecule has 0 unspecified atom stereocenters. The lowest BCUT2D eigenvalue weighted by atomic mass is 10.1. The number of benzene rings is 2. The van der Waals surface area contributed by atoms with Crippen LogP contribution in [0.1, 0.15) is 10.4 Å². The molecule has 0 fully saturated rings. The summed E-state index contributed by atoms with van der Waals surface area (Å²) in [5.41, 5.74) is 0.669. The van der Waals surface area contributed by atoms with Gasteiger partial charge in [-0.05, 0) is 30.3 Å². The standard InChI is InChI=1S/C14H11FN2O4/c1-21-14(18)9-6-12(8-13(7-9)17(19)20)16-11-4-2-10(15)3-5-11/h2-8,16H,1H3. The second kappa shape index (κ2) is 6.00. The molecule has 21 heavy (non-hydrogen) atoms. The highest BCUT2D eigenvalue weighted by Crippen LogP contribution is 2.24. The average molecular weight is 290 g/mol. The summed E-state index contributed by atoms with van der Waals surface area (Å²) in [7, 11) is 1.19. The van der Waals surface area contributed by atoms with E-state index >= 15 is 0 Å². The molecule has 0 amide bonds. The third-order valence-electron chi connectivity index (χ3n) is 2.68. The zero-order chi connectivity index (χ0) is 15.4. The van der Waals surface area contributed by atoms with E-state index in [9.17, 15) is 19.3 Å². The van der Waals surface area contributed by atoms with Crippen molar-refractivity contribution in [1.29, 1.82) is 0 Å². The van der Waals surface area contributed by atoms with Crippen LogP contribution >= 0.6 is 0 Å². The summed E-state index contributed by atoms with van der Waals surface area (Å²) < 4.78 is 17.4. The molecule has 6 nitrogen and oxygen atoms in total. The summed E-state index contributed by atoms with van der Waals surface area (Å²) in [4.78, 5) is 21.8. The lowest BCUT2D eigenvalue weighted by Gasteiger charge is -2.08. The molecule has 108 valence electrons. The molecule has 2 aromatic carbocycles. The van der Waals surface area contributed by atoms with Gasteiger partial charge < -0.3 is 10.1 Å². The number of halogens is 1. The number of methoxy groups -OCH3 is 1. The Morgan fingerprint density at radius 2 is 1.86 bits per heavy atom. The Morgan fingerprint density at radius 1 is 1.19 bits per heavy atom. The molecule has 7 heteroatoms. The van der Waals surface area contributed by atoms with E-state index in [0.717, 1.165) is 6.07 Å². The Balaban J connectivity index is 2.37. The number of nitro benzene ring substituents is 1. The minimum absolute atomic E-state index is 0.0521. The first-order chi connectivity index (χ1) is 9.99. The Bertz CT molecular complexity index is 686. The van der Waals surface area contributed by atoms with Crippen molar-refractivity contribution in [2.45, 2.75) is 0 Å². The molecule has 0 spiro atoms. The van der Waals surface area contributed by atoms with Crippen molar-refractivity contribution >= 4 is 23.0 Å². The predicted octanol–water partition coefficient (Wildman–Crippen LogP) is 3.26. The van der Waals surface area contributed by atoms with Crippen LogP contribution in [-0.4, -0.2) is 18.0 Å². The number of non-ortho nitro benzene ring substituents is 1. The predicted molar refractivity (Wildman–Crippen MR) is 74.1 cm³/mol. The van der Waals surface area contributed by atoms with Crippen LogP contribution in [0.25, 0.3) is 0 Å². The Morgan fingerprint density at radius 3 is 2.43 bits per heavy atom. The van der Waals surface area contributed by atoms with Gasteiger partial charge in [-0.1, -0.05) is 0 Å². The number of nitrogens with one attached hydrogen (secondary N) is 1. The van der Waals surface area contributed by atoms with Crippen LogP contribution in [0.15, 0.2) is 42.5 Å². The van der Waals surface area contributed by atoms with Gasteiger partial charge in [-0.25, -0.2) is 9.18 Å². The van der Waals surface area contributed by atoms with E-state index in [1.165, 1.54) is 43.5 Å². The number of esters is 1. The molecule has 2 rings (SSSR count). The normalized spacial score (nSPS) is 10.0. The second-order valence-electron chi connectivity index (χ2n) is 4.15. The molecule has 0 radical (unpaired) electrons. The van der Waals surface area contributed by atoms with Crippen molar-refractivity contribution < 1.29 is 18.8 Å². The third-order valence-corrected chi connectivity index (χ3v) is 2.68. The molecule has 0 saturated heterocycles. The molecule has 1 N–H and O–H groups in total. The van der Waals surface area contributed by atoms with E-state index in [1.807, 2.05) is 0 Å². The third kappa shape index (κ3) is 3.53. The monoisotopic (exact) mass is 290 g/mol. The van der Waals surface area contributed by atoms with Gasteiger partial charge >= 0.3 is 5.97 Å². The Kier molecular flexibility index (Phi) is 4.13. The van der Waals surface area contributed by atoms with Gasteiger partial charge in [-0.3, -0.25) is 10.1 Å². The van der Waals surface area contributed by atoms with Gasteiger partial charge in [-0.2, -0.15) is 0 Å². The number of hydrogen-bond donors (Lipinski definition) is 1.